The highest BCUT2D eigenvalue weighted by molar-refractivity contribution is 6.11. The van der Waals surface area contributed by atoms with E-state index in [-0.39, 0.29) is 23.3 Å². The zero-order valence-electron chi connectivity index (χ0n) is 18.5. The largest absolute Gasteiger partial charge is 0.381 e. The number of amides is 2. The molecule has 2 amide bonds. The summed E-state index contributed by atoms with van der Waals surface area (Å²) in [6.07, 6.45) is 7.36. The first kappa shape index (κ1) is 21.3. The van der Waals surface area contributed by atoms with Gasteiger partial charge >= 0.3 is 0 Å². The van der Waals surface area contributed by atoms with Crippen LogP contribution in [0, 0.1) is 17.7 Å². The lowest BCUT2D eigenvalue weighted by Crippen LogP contribution is -2.31. The molecule has 1 saturated heterocycles. The molecule has 6 rings (SSSR count). The Morgan fingerprint density at radius 1 is 1.11 bits per heavy atom. The summed E-state index contributed by atoms with van der Waals surface area (Å²) in [5.41, 5.74) is 3.58. The van der Waals surface area contributed by atoms with Gasteiger partial charge in [-0.2, -0.15) is 5.10 Å². The maximum absolute atomic E-state index is 13.9. The second-order valence-corrected chi connectivity index (χ2v) is 8.69. The predicted molar refractivity (Wildman–Crippen MR) is 127 cm³/mol. The van der Waals surface area contributed by atoms with Crippen LogP contribution in [0.4, 0.5) is 10.1 Å². The number of nitrogens with one attached hydrogen (secondary N) is 1. The fraction of sp³-hybridized carbons (Fsp3) is 0.192. The number of carbonyl (C=O) groups excluding carboxylic acids is 2. The normalized spacial score (nSPS) is 19.2. The zero-order valence-corrected chi connectivity index (χ0v) is 18.5. The molecule has 8 nitrogen and oxygen atoms in total. The molecule has 3 heterocycles. The average molecular weight is 469 g/mol. The molecule has 1 atom stereocenters. The number of azo groups is 1. The highest BCUT2D eigenvalue weighted by Gasteiger charge is 2.28. The standard InChI is InChI=1S/C26H20FN5O3/c27-17-7-10-21-22(11-17)32(12-15-13-35-14-15)31-24(21)26(34)28-18-8-5-16(6-9-18)23-19-3-1-2-4-20(19)25(33)30-29-23/h1-11,15,20H,12-14H2,(H,28,34). The summed E-state index contributed by atoms with van der Waals surface area (Å²) >= 11 is 0. The van der Waals surface area contributed by atoms with Crippen LogP contribution in [0.5, 0.6) is 0 Å². The minimum absolute atomic E-state index is 0.232. The molecule has 3 aliphatic rings. The van der Waals surface area contributed by atoms with Crippen LogP contribution < -0.4 is 5.32 Å². The van der Waals surface area contributed by atoms with Crippen molar-refractivity contribution in [3.63, 3.8) is 0 Å². The van der Waals surface area contributed by atoms with Crippen LogP contribution in [0.15, 0.2) is 82.6 Å². The number of hydrogen-bond donors (Lipinski definition) is 1. The van der Waals surface area contributed by atoms with Crippen LogP contribution in [0.3, 0.4) is 0 Å². The Morgan fingerprint density at radius 3 is 2.71 bits per heavy atom. The Balaban J connectivity index is 1.26. The summed E-state index contributed by atoms with van der Waals surface area (Å²) < 4.78 is 20.8. The van der Waals surface area contributed by atoms with E-state index < -0.39 is 5.92 Å². The van der Waals surface area contributed by atoms with E-state index in [1.807, 2.05) is 30.4 Å². The Morgan fingerprint density at radius 2 is 1.94 bits per heavy atom. The Bertz CT molecular complexity index is 1480. The summed E-state index contributed by atoms with van der Waals surface area (Å²) in [5.74, 6) is -1.19. The van der Waals surface area contributed by atoms with Gasteiger partial charge in [-0.3, -0.25) is 14.3 Å². The van der Waals surface area contributed by atoms with Gasteiger partial charge in [0.05, 0.1) is 30.3 Å². The zero-order chi connectivity index (χ0) is 23.9. The van der Waals surface area contributed by atoms with E-state index in [1.54, 1.807) is 29.0 Å². The van der Waals surface area contributed by atoms with E-state index in [1.165, 1.54) is 12.1 Å². The molecule has 0 bridgehead atoms. The minimum atomic E-state index is -0.424. The topological polar surface area (TPSA) is 97.9 Å². The predicted octanol–water partition coefficient (Wildman–Crippen LogP) is 4.52. The molecule has 2 aliphatic heterocycles. The average Bonchev–Trinajstić information content (AvgIpc) is 3.20. The third-order valence-corrected chi connectivity index (χ3v) is 6.30. The lowest BCUT2D eigenvalue weighted by Gasteiger charge is -2.25. The van der Waals surface area contributed by atoms with Gasteiger partial charge in [-0.25, -0.2) is 4.39 Å². The van der Waals surface area contributed by atoms with Crippen LogP contribution >= 0.6 is 0 Å². The second-order valence-electron chi connectivity index (χ2n) is 8.69. The molecule has 0 saturated carbocycles. The van der Waals surface area contributed by atoms with Gasteiger partial charge in [0.25, 0.3) is 11.8 Å². The molecule has 9 heteroatoms. The number of benzene rings is 2. The molecule has 35 heavy (non-hydrogen) atoms. The molecule has 1 fully saturated rings. The molecule has 0 spiro atoms. The molecule has 0 radical (unpaired) electrons. The van der Waals surface area contributed by atoms with Gasteiger partial charge in [0.2, 0.25) is 0 Å². The van der Waals surface area contributed by atoms with Crippen molar-refractivity contribution in [3.8, 4) is 0 Å². The van der Waals surface area contributed by atoms with Crippen LogP contribution in [0.1, 0.15) is 16.1 Å². The molecule has 2 aromatic carbocycles. The van der Waals surface area contributed by atoms with Gasteiger partial charge in [0.15, 0.2) is 5.69 Å². The first-order valence-electron chi connectivity index (χ1n) is 11.3. The van der Waals surface area contributed by atoms with Crippen molar-refractivity contribution in [3.05, 3.63) is 89.4 Å². The maximum atomic E-state index is 13.9. The third kappa shape index (κ3) is 3.89. The number of allylic oxidation sites excluding steroid dienone is 3. The van der Waals surface area contributed by atoms with Gasteiger partial charge < -0.3 is 10.1 Å². The van der Waals surface area contributed by atoms with Crippen molar-refractivity contribution < 1.29 is 18.7 Å². The van der Waals surface area contributed by atoms with Gasteiger partial charge in [0.1, 0.15) is 5.82 Å². The first-order chi connectivity index (χ1) is 17.1. The van der Waals surface area contributed by atoms with E-state index >= 15 is 0 Å². The lowest BCUT2D eigenvalue weighted by molar-refractivity contribution is -0.119. The Hall–Kier alpha value is -4.24. The fourth-order valence-electron chi connectivity index (χ4n) is 4.42. The summed E-state index contributed by atoms with van der Waals surface area (Å²) in [7, 11) is 0. The van der Waals surface area contributed by atoms with Gasteiger partial charge in [-0.15, -0.1) is 10.2 Å². The molecule has 1 aromatic heterocycles. The van der Waals surface area contributed by atoms with E-state index in [2.05, 4.69) is 20.6 Å². The molecule has 1 N–H and O–H groups in total. The number of rotatable bonds is 5. The van der Waals surface area contributed by atoms with Crippen molar-refractivity contribution in [2.75, 3.05) is 18.5 Å². The van der Waals surface area contributed by atoms with Crippen molar-refractivity contribution in [2.24, 2.45) is 22.1 Å². The number of ether oxygens (including phenoxy) is 1. The maximum Gasteiger partial charge on any atom is 0.276 e. The van der Waals surface area contributed by atoms with Crippen molar-refractivity contribution in [2.45, 2.75) is 6.54 Å². The van der Waals surface area contributed by atoms with Crippen LogP contribution in [0.25, 0.3) is 16.6 Å². The minimum Gasteiger partial charge on any atom is -0.381 e. The summed E-state index contributed by atoms with van der Waals surface area (Å²) in [6.45, 7) is 1.81. The highest BCUT2D eigenvalue weighted by Crippen LogP contribution is 2.34. The highest BCUT2D eigenvalue weighted by atomic mass is 19.1. The number of hydrogen-bond acceptors (Lipinski definition) is 5. The molecular weight excluding hydrogens is 449 g/mol. The monoisotopic (exact) mass is 469 g/mol. The first-order valence-corrected chi connectivity index (χ1v) is 11.3. The van der Waals surface area contributed by atoms with E-state index in [0.717, 1.165) is 11.1 Å². The number of aromatic nitrogens is 2. The molecule has 3 aromatic rings. The summed E-state index contributed by atoms with van der Waals surface area (Å²) in [6, 6.07) is 11.5. The van der Waals surface area contributed by atoms with Crippen molar-refractivity contribution >= 4 is 34.1 Å². The van der Waals surface area contributed by atoms with Gasteiger partial charge in [-0.1, -0.05) is 36.4 Å². The fourth-order valence-corrected chi connectivity index (χ4v) is 4.42. The summed E-state index contributed by atoms with van der Waals surface area (Å²) in [5, 5.41) is 15.8. The van der Waals surface area contributed by atoms with Crippen molar-refractivity contribution in [1.29, 1.82) is 0 Å². The molecular formula is C26H20FN5O3. The number of fused-ring (bicyclic) bond motifs is 2. The smallest absolute Gasteiger partial charge is 0.276 e. The number of nitrogens with zero attached hydrogens (tertiary/aromatic N) is 4. The summed E-state index contributed by atoms with van der Waals surface area (Å²) in [4.78, 5) is 25.2. The SMILES string of the molecule is O=C(Nc1ccc(C2=C3C=CC=CC3C(=O)N=N2)cc1)c1nn(CC2COC2)c2cc(F)ccc12. The van der Waals surface area contributed by atoms with Gasteiger partial charge in [0, 0.05) is 29.1 Å². The van der Waals surface area contributed by atoms with Crippen LogP contribution in [0.2, 0.25) is 0 Å². The van der Waals surface area contributed by atoms with Crippen LogP contribution in [-0.4, -0.2) is 34.8 Å². The third-order valence-electron chi connectivity index (χ3n) is 6.30. The number of anilines is 1. The number of carbonyl (C=O) groups is 2. The molecule has 1 unspecified atom stereocenters. The second kappa shape index (κ2) is 8.52. The Kier molecular flexibility index (Phi) is 5.18. The van der Waals surface area contributed by atoms with E-state index in [9.17, 15) is 14.0 Å². The van der Waals surface area contributed by atoms with E-state index in [4.69, 9.17) is 4.74 Å². The quantitative estimate of drug-likeness (QED) is 0.594. The lowest BCUT2D eigenvalue weighted by atomic mass is 9.89. The van der Waals surface area contributed by atoms with Crippen molar-refractivity contribution in [1.82, 2.24) is 9.78 Å². The molecule has 174 valence electrons. The Labute approximate surface area is 199 Å². The van der Waals surface area contributed by atoms with E-state index in [0.29, 0.717) is 48.0 Å². The van der Waals surface area contributed by atoms with Gasteiger partial charge in [-0.05, 0) is 35.9 Å². The number of halogens is 1. The van der Waals surface area contributed by atoms with Crippen LogP contribution in [-0.2, 0) is 16.1 Å². The molecule has 1 aliphatic carbocycles.